The van der Waals surface area contributed by atoms with Crippen LogP contribution in [-0.4, -0.2) is 22.9 Å². The average Bonchev–Trinajstić information content (AvgIpc) is 2.72. The van der Waals surface area contributed by atoms with E-state index in [1.807, 2.05) is 12.2 Å². The molecule has 5 nitrogen and oxygen atoms in total. The van der Waals surface area contributed by atoms with Gasteiger partial charge in [0.25, 0.3) is 0 Å². The predicted octanol–water partition coefficient (Wildman–Crippen LogP) is 1.98. The normalized spacial score (nSPS) is 24.3. The summed E-state index contributed by atoms with van der Waals surface area (Å²) < 4.78 is 13.2. The standard InChI is InChI=1S/C15H12FNO4/c16-8-5-6-12(11(7-8)15(20)21)17-13(18)9-3-1-2-4-10(9)14(17)19/h1-2,5-7,9-10H,3-4H2,(H,20,21)/t9-,10+. The van der Waals surface area contributed by atoms with Crippen molar-refractivity contribution in [1.29, 1.82) is 0 Å². The van der Waals surface area contributed by atoms with Crippen molar-refractivity contribution in [2.45, 2.75) is 12.8 Å². The molecule has 21 heavy (non-hydrogen) atoms. The minimum Gasteiger partial charge on any atom is -0.478 e. The number of imide groups is 1. The molecule has 1 heterocycles. The first-order valence-corrected chi connectivity index (χ1v) is 6.56. The van der Waals surface area contributed by atoms with E-state index in [0.717, 1.165) is 17.0 Å². The third kappa shape index (κ3) is 2.03. The van der Waals surface area contributed by atoms with E-state index in [1.165, 1.54) is 6.07 Å². The summed E-state index contributed by atoms with van der Waals surface area (Å²) in [5, 5.41) is 9.15. The van der Waals surface area contributed by atoms with Crippen LogP contribution in [0, 0.1) is 17.7 Å². The molecule has 2 atom stereocenters. The number of hydrogen-bond donors (Lipinski definition) is 1. The van der Waals surface area contributed by atoms with Gasteiger partial charge in [0, 0.05) is 0 Å². The molecule has 1 N–H and O–H groups in total. The number of carbonyl (C=O) groups excluding carboxylic acids is 2. The number of carboxylic acids is 1. The summed E-state index contributed by atoms with van der Waals surface area (Å²) in [5.41, 5.74) is -0.448. The molecular weight excluding hydrogens is 277 g/mol. The maximum atomic E-state index is 13.2. The van der Waals surface area contributed by atoms with Crippen LogP contribution in [0.15, 0.2) is 30.4 Å². The summed E-state index contributed by atoms with van der Waals surface area (Å²) in [6.45, 7) is 0. The number of anilines is 1. The maximum Gasteiger partial charge on any atom is 0.337 e. The molecule has 0 aromatic heterocycles. The average molecular weight is 289 g/mol. The first-order valence-electron chi connectivity index (χ1n) is 6.56. The topological polar surface area (TPSA) is 74.7 Å². The lowest BCUT2D eigenvalue weighted by Gasteiger charge is -2.17. The molecule has 1 aliphatic carbocycles. The highest BCUT2D eigenvalue weighted by Crippen LogP contribution is 2.38. The molecule has 108 valence electrons. The lowest BCUT2D eigenvalue weighted by Crippen LogP contribution is -2.32. The molecule has 0 bridgehead atoms. The van der Waals surface area contributed by atoms with Gasteiger partial charge in [-0.2, -0.15) is 0 Å². The molecule has 1 aliphatic heterocycles. The van der Waals surface area contributed by atoms with Gasteiger partial charge >= 0.3 is 5.97 Å². The number of hydrogen-bond acceptors (Lipinski definition) is 3. The van der Waals surface area contributed by atoms with Gasteiger partial charge in [-0.25, -0.2) is 14.1 Å². The first-order chi connectivity index (χ1) is 10.0. The second-order valence-electron chi connectivity index (χ2n) is 5.13. The van der Waals surface area contributed by atoms with Crippen molar-refractivity contribution in [2.75, 3.05) is 4.90 Å². The van der Waals surface area contributed by atoms with Crippen molar-refractivity contribution in [2.24, 2.45) is 11.8 Å². The number of carbonyl (C=O) groups is 3. The molecule has 2 aliphatic rings. The molecule has 1 saturated heterocycles. The Balaban J connectivity index is 2.07. The third-order valence-corrected chi connectivity index (χ3v) is 3.94. The van der Waals surface area contributed by atoms with Crippen LogP contribution in [0.5, 0.6) is 0 Å². The monoisotopic (exact) mass is 289 g/mol. The highest BCUT2D eigenvalue weighted by atomic mass is 19.1. The van der Waals surface area contributed by atoms with Gasteiger partial charge in [-0.05, 0) is 31.0 Å². The van der Waals surface area contributed by atoms with E-state index < -0.39 is 35.4 Å². The highest BCUT2D eigenvalue weighted by molar-refractivity contribution is 6.23. The van der Waals surface area contributed by atoms with Crippen molar-refractivity contribution < 1.29 is 23.9 Å². The fourth-order valence-electron chi connectivity index (χ4n) is 2.91. The van der Waals surface area contributed by atoms with Gasteiger partial charge in [0.05, 0.1) is 23.1 Å². The molecule has 0 saturated carbocycles. The minimum atomic E-state index is -1.38. The lowest BCUT2D eigenvalue weighted by atomic mass is 9.85. The molecule has 0 spiro atoms. The predicted molar refractivity (Wildman–Crippen MR) is 71.2 cm³/mol. The number of carboxylic acid groups (broad SMARTS) is 1. The Bertz CT molecular complexity index is 656. The smallest absolute Gasteiger partial charge is 0.337 e. The Morgan fingerprint density at radius 2 is 1.71 bits per heavy atom. The van der Waals surface area contributed by atoms with E-state index >= 15 is 0 Å². The van der Waals surface area contributed by atoms with Gasteiger partial charge in [0.2, 0.25) is 11.8 Å². The van der Waals surface area contributed by atoms with Crippen LogP contribution in [0.25, 0.3) is 0 Å². The molecule has 1 fully saturated rings. The van der Waals surface area contributed by atoms with Crippen molar-refractivity contribution in [3.63, 3.8) is 0 Å². The van der Waals surface area contributed by atoms with Crippen LogP contribution < -0.4 is 4.90 Å². The summed E-state index contributed by atoms with van der Waals surface area (Å²) in [7, 11) is 0. The van der Waals surface area contributed by atoms with Gasteiger partial charge in [-0.3, -0.25) is 9.59 Å². The minimum absolute atomic E-state index is 0.0618. The van der Waals surface area contributed by atoms with Crippen LogP contribution in [0.3, 0.4) is 0 Å². The first kappa shape index (κ1) is 13.5. The number of amides is 2. The largest absolute Gasteiger partial charge is 0.478 e. The fraction of sp³-hybridized carbons (Fsp3) is 0.267. The summed E-state index contributed by atoms with van der Waals surface area (Å²) >= 11 is 0. The van der Waals surface area contributed by atoms with E-state index in [2.05, 4.69) is 0 Å². The van der Waals surface area contributed by atoms with Gasteiger partial charge in [-0.15, -0.1) is 0 Å². The molecule has 3 rings (SSSR count). The second-order valence-corrected chi connectivity index (χ2v) is 5.13. The summed E-state index contributed by atoms with van der Waals surface area (Å²) in [4.78, 5) is 36.9. The quantitative estimate of drug-likeness (QED) is 0.667. The van der Waals surface area contributed by atoms with Crippen LogP contribution in [0.4, 0.5) is 10.1 Å². The lowest BCUT2D eigenvalue weighted by molar-refractivity contribution is -0.122. The molecule has 0 unspecified atom stereocenters. The number of benzene rings is 1. The summed E-state index contributed by atoms with van der Waals surface area (Å²) in [6, 6.07) is 3.03. The van der Waals surface area contributed by atoms with E-state index in [0.29, 0.717) is 12.8 Å². The molecule has 1 aromatic carbocycles. The fourth-order valence-corrected chi connectivity index (χ4v) is 2.91. The Hall–Kier alpha value is -2.50. The van der Waals surface area contributed by atoms with Gasteiger partial charge < -0.3 is 5.11 Å². The number of rotatable bonds is 2. The number of allylic oxidation sites excluding steroid dienone is 2. The number of halogens is 1. The van der Waals surface area contributed by atoms with E-state index in [-0.39, 0.29) is 11.3 Å². The van der Waals surface area contributed by atoms with Gasteiger partial charge in [-0.1, -0.05) is 12.2 Å². The van der Waals surface area contributed by atoms with Crippen LogP contribution >= 0.6 is 0 Å². The van der Waals surface area contributed by atoms with Gasteiger partial charge in [0.15, 0.2) is 0 Å². The van der Waals surface area contributed by atoms with Crippen molar-refractivity contribution in [3.05, 3.63) is 41.7 Å². The summed E-state index contributed by atoms with van der Waals surface area (Å²) in [6.07, 6.45) is 4.63. The zero-order valence-corrected chi connectivity index (χ0v) is 11.0. The number of nitrogens with zero attached hydrogens (tertiary/aromatic N) is 1. The molecule has 1 aromatic rings. The number of aromatic carboxylic acids is 1. The highest BCUT2D eigenvalue weighted by Gasteiger charge is 2.48. The molecular formula is C15H12FNO4. The number of fused-ring (bicyclic) bond motifs is 1. The summed E-state index contributed by atoms with van der Waals surface area (Å²) in [5.74, 6) is -3.83. The second kappa shape index (κ2) is 4.80. The van der Waals surface area contributed by atoms with Crippen molar-refractivity contribution >= 4 is 23.5 Å². The Morgan fingerprint density at radius 3 is 2.24 bits per heavy atom. The van der Waals surface area contributed by atoms with Crippen LogP contribution in [-0.2, 0) is 9.59 Å². The van der Waals surface area contributed by atoms with E-state index in [9.17, 15) is 18.8 Å². The maximum absolute atomic E-state index is 13.2. The van der Waals surface area contributed by atoms with Crippen molar-refractivity contribution in [1.82, 2.24) is 0 Å². The SMILES string of the molecule is O=C(O)c1cc(F)ccc1N1C(=O)[C@H]2CC=CC[C@H]2C1=O. The van der Waals surface area contributed by atoms with E-state index in [1.54, 1.807) is 0 Å². The van der Waals surface area contributed by atoms with Gasteiger partial charge in [0.1, 0.15) is 5.82 Å². The third-order valence-electron chi connectivity index (χ3n) is 3.94. The molecule has 0 radical (unpaired) electrons. The van der Waals surface area contributed by atoms with Crippen LogP contribution in [0.2, 0.25) is 0 Å². The Labute approximate surface area is 119 Å². The molecule has 2 amide bonds. The van der Waals surface area contributed by atoms with Crippen molar-refractivity contribution in [3.8, 4) is 0 Å². The Kier molecular flexibility index (Phi) is 3.08. The van der Waals surface area contributed by atoms with Crippen LogP contribution in [0.1, 0.15) is 23.2 Å². The van der Waals surface area contributed by atoms with E-state index in [4.69, 9.17) is 5.11 Å². The zero-order valence-electron chi connectivity index (χ0n) is 11.0. The zero-order chi connectivity index (χ0) is 15.1. The molecule has 6 heteroatoms. The Morgan fingerprint density at radius 1 is 1.14 bits per heavy atom.